The van der Waals surface area contributed by atoms with E-state index in [9.17, 15) is 0 Å². The molecule has 0 amide bonds. The van der Waals surface area contributed by atoms with Crippen molar-refractivity contribution in [1.82, 2.24) is 20.1 Å². The lowest BCUT2D eigenvalue weighted by Crippen LogP contribution is -2.36. The average molecular weight is 273 g/mol. The molecule has 1 saturated carbocycles. The summed E-state index contributed by atoms with van der Waals surface area (Å²) >= 11 is 0. The second-order valence-electron chi connectivity index (χ2n) is 5.58. The summed E-state index contributed by atoms with van der Waals surface area (Å²) in [5.41, 5.74) is 6.96. The molecule has 6 heteroatoms. The lowest BCUT2D eigenvalue weighted by Gasteiger charge is -2.22. The first-order chi connectivity index (χ1) is 9.67. The zero-order chi connectivity index (χ0) is 14.0. The second kappa shape index (κ2) is 5.28. The number of nitrogens with zero attached hydrogens (tertiary/aromatic N) is 4. The van der Waals surface area contributed by atoms with Gasteiger partial charge < -0.3 is 10.3 Å². The van der Waals surface area contributed by atoms with E-state index < -0.39 is 5.54 Å². The minimum Gasteiger partial charge on any atom is -0.337 e. The Morgan fingerprint density at radius 3 is 2.35 bits per heavy atom. The highest BCUT2D eigenvalue weighted by molar-refractivity contribution is 5.41. The van der Waals surface area contributed by atoms with Gasteiger partial charge in [0.05, 0.1) is 5.54 Å². The van der Waals surface area contributed by atoms with Crippen LogP contribution in [0.2, 0.25) is 0 Å². The van der Waals surface area contributed by atoms with Crippen molar-refractivity contribution >= 4 is 0 Å². The van der Waals surface area contributed by atoms with E-state index in [-0.39, 0.29) is 0 Å². The predicted octanol–water partition coefficient (Wildman–Crippen LogP) is 2.34. The molecule has 106 valence electrons. The lowest BCUT2D eigenvalue weighted by molar-refractivity contribution is 0.257. The molecule has 0 aliphatic heterocycles. The Labute approximate surface area is 117 Å². The first-order valence-electron chi connectivity index (χ1n) is 7.09. The van der Waals surface area contributed by atoms with Gasteiger partial charge in [0.2, 0.25) is 17.5 Å². The normalized spacial score (nSPS) is 18.7. The van der Waals surface area contributed by atoms with Gasteiger partial charge in [0, 0.05) is 12.4 Å². The average Bonchev–Trinajstić information content (AvgIpc) is 2.84. The van der Waals surface area contributed by atoms with Gasteiger partial charge in [0.25, 0.3) is 0 Å². The van der Waals surface area contributed by atoms with Gasteiger partial charge in [0.1, 0.15) is 0 Å². The van der Waals surface area contributed by atoms with Crippen LogP contribution in [0.15, 0.2) is 16.9 Å². The fourth-order valence-corrected chi connectivity index (χ4v) is 2.60. The minimum atomic E-state index is -0.494. The summed E-state index contributed by atoms with van der Waals surface area (Å²) < 4.78 is 5.38. The Balaban J connectivity index is 1.87. The van der Waals surface area contributed by atoms with Crippen LogP contribution in [-0.4, -0.2) is 20.1 Å². The van der Waals surface area contributed by atoms with Crippen LogP contribution in [-0.2, 0) is 5.54 Å². The van der Waals surface area contributed by atoms with Gasteiger partial charge >= 0.3 is 0 Å². The van der Waals surface area contributed by atoms with Gasteiger partial charge in [-0.1, -0.05) is 30.8 Å². The maximum absolute atomic E-state index is 6.46. The third kappa shape index (κ3) is 2.56. The van der Waals surface area contributed by atoms with E-state index in [0.29, 0.717) is 17.5 Å². The Kier molecular flexibility index (Phi) is 3.48. The van der Waals surface area contributed by atoms with Gasteiger partial charge in [-0.15, -0.1) is 0 Å². The smallest absolute Gasteiger partial charge is 0.247 e. The van der Waals surface area contributed by atoms with Crippen LogP contribution >= 0.6 is 0 Å². The molecule has 1 fully saturated rings. The number of aryl methyl sites for hydroxylation is 1. The number of nitrogens with two attached hydrogens (primary N) is 1. The van der Waals surface area contributed by atoms with E-state index in [1.165, 1.54) is 12.8 Å². The van der Waals surface area contributed by atoms with Crippen molar-refractivity contribution in [2.45, 2.75) is 51.0 Å². The third-order valence-corrected chi connectivity index (χ3v) is 3.83. The molecule has 20 heavy (non-hydrogen) atoms. The third-order valence-electron chi connectivity index (χ3n) is 3.83. The standard InChI is InChI=1S/C14H19N5O/c1-10-8-16-11(17-9-10)12-18-13(20-19-12)14(15)6-4-2-3-5-7-14/h8-9H,2-7,15H2,1H3. The van der Waals surface area contributed by atoms with Crippen LogP contribution in [0.4, 0.5) is 0 Å². The van der Waals surface area contributed by atoms with Crippen molar-refractivity contribution in [2.24, 2.45) is 5.73 Å². The van der Waals surface area contributed by atoms with Crippen LogP contribution in [0.3, 0.4) is 0 Å². The summed E-state index contributed by atoms with van der Waals surface area (Å²) in [4.78, 5) is 12.8. The Morgan fingerprint density at radius 1 is 1.05 bits per heavy atom. The van der Waals surface area contributed by atoms with Gasteiger partial charge in [-0.25, -0.2) is 9.97 Å². The zero-order valence-corrected chi connectivity index (χ0v) is 11.7. The number of hydrogen-bond acceptors (Lipinski definition) is 6. The molecule has 3 rings (SSSR count). The highest BCUT2D eigenvalue weighted by Gasteiger charge is 2.34. The second-order valence-corrected chi connectivity index (χ2v) is 5.58. The summed E-state index contributed by atoms with van der Waals surface area (Å²) in [6.07, 6.45) is 9.92. The molecule has 0 unspecified atom stereocenters. The van der Waals surface area contributed by atoms with Crippen LogP contribution in [0.25, 0.3) is 11.6 Å². The number of aromatic nitrogens is 4. The van der Waals surface area contributed by atoms with E-state index in [1.807, 2.05) is 6.92 Å². The number of rotatable bonds is 2. The molecular weight excluding hydrogens is 254 g/mol. The van der Waals surface area contributed by atoms with Crippen LogP contribution in [0.5, 0.6) is 0 Å². The highest BCUT2D eigenvalue weighted by atomic mass is 16.5. The summed E-state index contributed by atoms with van der Waals surface area (Å²) in [5.74, 6) is 1.40. The summed E-state index contributed by atoms with van der Waals surface area (Å²) in [5, 5.41) is 3.98. The molecule has 0 radical (unpaired) electrons. The van der Waals surface area contributed by atoms with E-state index in [1.54, 1.807) is 12.4 Å². The monoisotopic (exact) mass is 273 g/mol. The molecule has 0 spiro atoms. The molecule has 2 aromatic heterocycles. The van der Waals surface area contributed by atoms with Gasteiger partial charge in [-0.05, 0) is 25.3 Å². The lowest BCUT2D eigenvalue weighted by atomic mass is 9.91. The summed E-state index contributed by atoms with van der Waals surface area (Å²) in [7, 11) is 0. The van der Waals surface area contributed by atoms with Gasteiger partial charge in [-0.2, -0.15) is 4.98 Å². The fraction of sp³-hybridized carbons (Fsp3) is 0.571. The van der Waals surface area contributed by atoms with Crippen LogP contribution in [0, 0.1) is 6.92 Å². The van der Waals surface area contributed by atoms with Crippen molar-refractivity contribution in [3.05, 3.63) is 23.8 Å². The molecule has 0 aromatic carbocycles. The van der Waals surface area contributed by atoms with Crippen molar-refractivity contribution in [1.29, 1.82) is 0 Å². The van der Waals surface area contributed by atoms with E-state index >= 15 is 0 Å². The molecule has 0 bridgehead atoms. The van der Waals surface area contributed by atoms with Crippen molar-refractivity contribution < 1.29 is 4.52 Å². The van der Waals surface area contributed by atoms with Gasteiger partial charge in [-0.3, -0.25) is 0 Å². The molecule has 1 aliphatic carbocycles. The molecule has 2 heterocycles. The first kappa shape index (κ1) is 13.2. The summed E-state index contributed by atoms with van der Waals surface area (Å²) in [6, 6.07) is 0. The van der Waals surface area contributed by atoms with Crippen LogP contribution < -0.4 is 5.73 Å². The molecule has 2 N–H and O–H groups in total. The van der Waals surface area contributed by atoms with Gasteiger partial charge in [0.15, 0.2) is 0 Å². The highest BCUT2D eigenvalue weighted by Crippen LogP contribution is 2.33. The SMILES string of the molecule is Cc1cnc(-c2noc(C3(N)CCCCCC3)n2)nc1. The van der Waals surface area contributed by atoms with E-state index in [4.69, 9.17) is 10.3 Å². The Bertz CT molecular complexity index is 570. The molecular formula is C14H19N5O. The largest absolute Gasteiger partial charge is 0.337 e. The predicted molar refractivity (Wildman–Crippen MR) is 73.6 cm³/mol. The topological polar surface area (TPSA) is 90.7 Å². The molecule has 0 saturated heterocycles. The maximum atomic E-state index is 6.46. The Morgan fingerprint density at radius 2 is 1.70 bits per heavy atom. The van der Waals surface area contributed by atoms with E-state index in [0.717, 1.165) is 31.2 Å². The molecule has 1 aliphatic rings. The van der Waals surface area contributed by atoms with Crippen LogP contribution in [0.1, 0.15) is 50.0 Å². The maximum Gasteiger partial charge on any atom is 0.247 e. The number of hydrogen-bond donors (Lipinski definition) is 1. The zero-order valence-electron chi connectivity index (χ0n) is 11.7. The molecule has 2 aromatic rings. The molecule has 0 atom stereocenters. The first-order valence-corrected chi connectivity index (χ1v) is 7.09. The minimum absolute atomic E-state index is 0.411. The fourth-order valence-electron chi connectivity index (χ4n) is 2.60. The Hall–Kier alpha value is -1.82. The van der Waals surface area contributed by atoms with Crippen molar-refractivity contribution in [2.75, 3.05) is 0 Å². The van der Waals surface area contributed by atoms with Crippen molar-refractivity contribution in [3.63, 3.8) is 0 Å². The van der Waals surface area contributed by atoms with E-state index in [2.05, 4.69) is 20.1 Å². The quantitative estimate of drug-likeness (QED) is 0.844. The van der Waals surface area contributed by atoms with Crippen molar-refractivity contribution in [3.8, 4) is 11.6 Å². The molecule has 6 nitrogen and oxygen atoms in total. The summed E-state index contributed by atoms with van der Waals surface area (Å²) in [6.45, 7) is 1.94.